The molecular weight excluding hydrogens is 138 g/mol. The van der Waals surface area contributed by atoms with Crippen LogP contribution >= 0.6 is 0 Å². The predicted octanol–water partition coefficient (Wildman–Crippen LogP) is 2.14. The van der Waals surface area contributed by atoms with Crippen molar-refractivity contribution in [1.82, 2.24) is 0 Å². The van der Waals surface area contributed by atoms with Crippen LogP contribution in [0, 0.1) is 0 Å². The van der Waals surface area contributed by atoms with Crippen molar-refractivity contribution in [2.45, 2.75) is 0 Å². The zero-order valence-corrected chi connectivity index (χ0v) is 6.07. The van der Waals surface area contributed by atoms with E-state index in [0.717, 1.165) is 11.1 Å². The third-order valence-electron chi connectivity index (χ3n) is 1.38. The lowest BCUT2D eigenvalue weighted by atomic mass is 10.1. The summed E-state index contributed by atoms with van der Waals surface area (Å²) in [5, 5.41) is 11.1. The first-order chi connectivity index (χ1) is 5.36. The zero-order chi connectivity index (χ0) is 8.10. The second-order valence-corrected chi connectivity index (χ2v) is 2.12. The van der Waals surface area contributed by atoms with Gasteiger partial charge >= 0.3 is 0 Å². The van der Waals surface area contributed by atoms with Gasteiger partial charge < -0.3 is 5.21 Å². The summed E-state index contributed by atoms with van der Waals surface area (Å²) in [5.74, 6) is 0. The molecule has 0 radical (unpaired) electrons. The van der Waals surface area contributed by atoms with Crippen LogP contribution in [-0.2, 0) is 0 Å². The summed E-state index contributed by atoms with van der Waals surface area (Å²) in [7, 11) is 0. The molecular formula is C9H9NO. The van der Waals surface area contributed by atoms with Crippen LogP contribution in [0.2, 0.25) is 0 Å². The fraction of sp³-hybridized carbons (Fsp3) is 0. The molecule has 56 valence electrons. The number of hydrogen-bond donors (Lipinski definition) is 1. The molecule has 0 amide bonds. The van der Waals surface area contributed by atoms with E-state index in [1.54, 1.807) is 6.08 Å². The lowest BCUT2D eigenvalue weighted by molar-refractivity contribution is 0.322. The Hall–Kier alpha value is -1.57. The standard InChI is InChI=1S/C9H9NO/c1-2-8-3-5-9(6-4-8)7-10-11/h2-7,11H,1H2. The lowest BCUT2D eigenvalue weighted by Crippen LogP contribution is -1.79. The Bertz CT molecular complexity index is 261. The van der Waals surface area contributed by atoms with Crippen LogP contribution in [0.15, 0.2) is 36.0 Å². The van der Waals surface area contributed by atoms with Crippen molar-refractivity contribution in [3.8, 4) is 0 Å². The minimum Gasteiger partial charge on any atom is -0.411 e. The summed E-state index contributed by atoms with van der Waals surface area (Å²) < 4.78 is 0. The monoisotopic (exact) mass is 147 g/mol. The minimum absolute atomic E-state index is 0.873. The molecule has 0 atom stereocenters. The summed E-state index contributed by atoms with van der Waals surface area (Å²) >= 11 is 0. The maximum absolute atomic E-state index is 8.20. The third kappa shape index (κ3) is 1.93. The van der Waals surface area contributed by atoms with Gasteiger partial charge in [0.1, 0.15) is 0 Å². The molecule has 0 unspecified atom stereocenters. The smallest absolute Gasteiger partial charge is 0.0733 e. The van der Waals surface area contributed by atoms with E-state index in [9.17, 15) is 0 Å². The SMILES string of the molecule is C=Cc1ccc(C=NO)cc1. The average Bonchev–Trinajstić information content (AvgIpc) is 2.07. The van der Waals surface area contributed by atoms with E-state index in [1.165, 1.54) is 6.21 Å². The fourth-order valence-electron chi connectivity index (χ4n) is 0.785. The van der Waals surface area contributed by atoms with E-state index in [1.807, 2.05) is 24.3 Å². The molecule has 0 fully saturated rings. The first kappa shape index (κ1) is 7.54. The highest BCUT2D eigenvalue weighted by Crippen LogP contribution is 2.02. The van der Waals surface area contributed by atoms with Gasteiger partial charge in [-0.1, -0.05) is 42.1 Å². The van der Waals surface area contributed by atoms with Gasteiger partial charge in [0.05, 0.1) is 6.21 Å². The lowest BCUT2D eigenvalue weighted by Gasteiger charge is -1.92. The van der Waals surface area contributed by atoms with Gasteiger partial charge in [0.2, 0.25) is 0 Å². The van der Waals surface area contributed by atoms with Crippen LogP contribution in [0.25, 0.3) is 6.08 Å². The van der Waals surface area contributed by atoms with Crippen molar-refractivity contribution in [2.24, 2.45) is 5.16 Å². The molecule has 0 bridgehead atoms. The molecule has 0 aliphatic carbocycles. The summed E-state index contributed by atoms with van der Waals surface area (Å²) in [6.45, 7) is 3.62. The molecule has 11 heavy (non-hydrogen) atoms. The largest absolute Gasteiger partial charge is 0.411 e. The van der Waals surface area contributed by atoms with Gasteiger partial charge in [0, 0.05) is 0 Å². The second-order valence-electron chi connectivity index (χ2n) is 2.12. The summed E-state index contributed by atoms with van der Waals surface area (Å²) in [4.78, 5) is 0. The molecule has 0 aliphatic rings. The van der Waals surface area contributed by atoms with Gasteiger partial charge in [-0.05, 0) is 11.1 Å². The Balaban J connectivity index is 2.91. The molecule has 0 heterocycles. The zero-order valence-electron chi connectivity index (χ0n) is 6.07. The second kappa shape index (κ2) is 3.56. The average molecular weight is 147 g/mol. The minimum atomic E-state index is 0.873. The van der Waals surface area contributed by atoms with Crippen LogP contribution < -0.4 is 0 Å². The molecule has 0 saturated carbocycles. The van der Waals surface area contributed by atoms with Crippen LogP contribution in [0.4, 0.5) is 0 Å². The normalized spacial score (nSPS) is 10.2. The molecule has 0 spiro atoms. The summed E-state index contributed by atoms with van der Waals surface area (Å²) in [6, 6.07) is 7.53. The van der Waals surface area contributed by atoms with Crippen LogP contribution in [0.5, 0.6) is 0 Å². The third-order valence-corrected chi connectivity index (χ3v) is 1.38. The molecule has 0 aliphatic heterocycles. The number of rotatable bonds is 2. The van der Waals surface area contributed by atoms with E-state index in [-0.39, 0.29) is 0 Å². The molecule has 1 rings (SSSR count). The molecule has 2 nitrogen and oxygen atoms in total. The van der Waals surface area contributed by atoms with Gasteiger partial charge in [-0.3, -0.25) is 0 Å². The van der Waals surface area contributed by atoms with E-state index in [0.29, 0.717) is 0 Å². The van der Waals surface area contributed by atoms with Crippen LogP contribution in [0.1, 0.15) is 11.1 Å². The Morgan fingerprint density at radius 3 is 2.18 bits per heavy atom. The number of nitrogens with zero attached hydrogens (tertiary/aromatic N) is 1. The van der Waals surface area contributed by atoms with Gasteiger partial charge in [0.25, 0.3) is 0 Å². The summed E-state index contributed by atoms with van der Waals surface area (Å²) in [5.41, 5.74) is 1.93. The van der Waals surface area contributed by atoms with E-state index in [2.05, 4.69) is 11.7 Å². The Labute approximate surface area is 65.5 Å². The molecule has 1 aromatic rings. The molecule has 1 N–H and O–H groups in total. The van der Waals surface area contributed by atoms with Crippen molar-refractivity contribution in [1.29, 1.82) is 0 Å². The van der Waals surface area contributed by atoms with E-state index >= 15 is 0 Å². The first-order valence-corrected chi connectivity index (χ1v) is 3.27. The number of oxime groups is 1. The van der Waals surface area contributed by atoms with Crippen molar-refractivity contribution in [2.75, 3.05) is 0 Å². The maximum atomic E-state index is 8.20. The van der Waals surface area contributed by atoms with Crippen molar-refractivity contribution < 1.29 is 5.21 Å². The highest BCUT2D eigenvalue weighted by molar-refractivity contribution is 5.79. The fourth-order valence-corrected chi connectivity index (χ4v) is 0.785. The Morgan fingerprint density at radius 1 is 1.18 bits per heavy atom. The molecule has 0 aromatic heterocycles. The topological polar surface area (TPSA) is 32.6 Å². The van der Waals surface area contributed by atoms with Crippen molar-refractivity contribution in [3.05, 3.63) is 42.0 Å². The van der Waals surface area contributed by atoms with E-state index < -0.39 is 0 Å². The Morgan fingerprint density at radius 2 is 1.73 bits per heavy atom. The highest BCUT2D eigenvalue weighted by atomic mass is 16.4. The maximum Gasteiger partial charge on any atom is 0.0733 e. The molecule has 1 aromatic carbocycles. The van der Waals surface area contributed by atoms with E-state index in [4.69, 9.17) is 5.21 Å². The van der Waals surface area contributed by atoms with Gasteiger partial charge in [-0.15, -0.1) is 0 Å². The summed E-state index contributed by atoms with van der Waals surface area (Å²) in [6.07, 6.45) is 3.15. The number of hydrogen-bond acceptors (Lipinski definition) is 2. The highest BCUT2D eigenvalue weighted by Gasteiger charge is 1.86. The first-order valence-electron chi connectivity index (χ1n) is 3.27. The van der Waals surface area contributed by atoms with Crippen molar-refractivity contribution >= 4 is 12.3 Å². The molecule has 2 heteroatoms. The van der Waals surface area contributed by atoms with Gasteiger partial charge in [-0.2, -0.15) is 0 Å². The van der Waals surface area contributed by atoms with Gasteiger partial charge in [-0.25, -0.2) is 0 Å². The predicted molar refractivity (Wildman–Crippen MR) is 45.9 cm³/mol. The van der Waals surface area contributed by atoms with Crippen LogP contribution in [0.3, 0.4) is 0 Å². The number of benzene rings is 1. The Kier molecular flexibility index (Phi) is 2.44. The van der Waals surface area contributed by atoms with Crippen molar-refractivity contribution in [3.63, 3.8) is 0 Å². The molecule has 0 saturated heterocycles. The van der Waals surface area contributed by atoms with Crippen LogP contribution in [-0.4, -0.2) is 11.4 Å². The quantitative estimate of drug-likeness (QED) is 0.388. The van der Waals surface area contributed by atoms with Gasteiger partial charge in [0.15, 0.2) is 0 Å².